The SMILES string of the molecule is COC(=O)c1nc(OC)nc2ccccc12. The molecule has 5 heteroatoms. The van der Waals surface area contributed by atoms with E-state index in [4.69, 9.17) is 4.74 Å². The van der Waals surface area contributed by atoms with Gasteiger partial charge in [-0.3, -0.25) is 0 Å². The first-order chi connectivity index (χ1) is 7.76. The molecule has 2 aromatic rings. The van der Waals surface area contributed by atoms with Gasteiger partial charge in [-0.2, -0.15) is 9.97 Å². The summed E-state index contributed by atoms with van der Waals surface area (Å²) in [7, 11) is 2.76. The molecule has 0 atom stereocenters. The largest absolute Gasteiger partial charge is 0.467 e. The Kier molecular flexibility index (Phi) is 2.68. The molecule has 5 nitrogen and oxygen atoms in total. The molecule has 0 radical (unpaired) electrons. The smallest absolute Gasteiger partial charge is 0.357 e. The summed E-state index contributed by atoms with van der Waals surface area (Å²) in [5.41, 5.74) is 0.861. The predicted molar refractivity (Wildman–Crippen MR) is 57.4 cm³/mol. The summed E-state index contributed by atoms with van der Waals surface area (Å²) >= 11 is 0. The van der Waals surface area contributed by atoms with Crippen molar-refractivity contribution < 1.29 is 14.3 Å². The molecule has 16 heavy (non-hydrogen) atoms. The summed E-state index contributed by atoms with van der Waals surface area (Å²) in [5, 5.41) is 0.648. The minimum atomic E-state index is -0.503. The number of hydrogen-bond acceptors (Lipinski definition) is 5. The van der Waals surface area contributed by atoms with Gasteiger partial charge in [-0.15, -0.1) is 0 Å². The zero-order chi connectivity index (χ0) is 11.5. The van der Waals surface area contributed by atoms with Crippen molar-refractivity contribution in [1.82, 2.24) is 9.97 Å². The second-order valence-corrected chi connectivity index (χ2v) is 3.07. The van der Waals surface area contributed by atoms with Crippen LogP contribution in [0.2, 0.25) is 0 Å². The Bertz CT molecular complexity index is 540. The second kappa shape index (κ2) is 4.14. The average molecular weight is 218 g/mol. The number of para-hydroxylation sites is 1. The fourth-order valence-corrected chi connectivity index (χ4v) is 1.40. The molecular weight excluding hydrogens is 208 g/mol. The van der Waals surface area contributed by atoms with Crippen LogP contribution in [-0.2, 0) is 4.74 Å². The van der Waals surface area contributed by atoms with Gasteiger partial charge < -0.3 is 9.47 Å². The maximum absolute atomic E-state index is 11.5. The first kappa shape index (κ1) is 10.4. The molecule has 0 amide bonds. The van der Waals surface area contributed by atoms with Crippen LogP contribution in [0.4, 0.5) is 0 Å². The van der Waals surface area contributed by atoms with Gasteiger partial charge in [0.15, 0.2) is 5.69 Å². The van der Waals surface area contributed by atoms with Gasteiger partial charge in [0, 0.05) is 5.39 Å². The number of benzene rings is 1. The molecule has 0 aliphatic heterocycles. The van der Waals surface area contributed by atoms with Crippen molar-refractivity contribution in [1.29, 1.82) is 0 Å². The van der Waals surface area contributed by atoms with E-state index in [0.717, 1.165) is 0 Å². The highest BCUT2D eigenvalue weighted by Crippen LogP contribution is 2.18. The highest BCUT2D eigenvalue weighted by atomic mass is 16.5. The lowest BCUT2D eigenvalue weighted by Crippen LogP contribution is -2.07. The minimum absolute atomic E-state index is 0.152. The molecule has 0 saturated carbocycles. The van der Waals surface area contributed by atoms with E-state index in [9.17, 15) is 4.79 Å². The van der Waals surface area contributed by atoms with Crippen LogP contribution >= 0.6 is 0 Å². The first-order valence-electron chi connectivity index (χ1n) is 4.65. The number of esters is 1. The number of rotatable bonds is 2. The highest BCUT2D eigenvalue weighted by molar-refractivity contribution is 6.01. The number of hydrogen-bond donors (Lipinski definition) is 0. The van der Waals surface area contributed by atoms with E-state index in [2.05, 4.69) is 14.7 Å². The Morgan fingerprint density at radius 2 is 1.94 bits per heavy atom. The van der Waals surface area contributed by atoms with E-state index in [1.807, 2.05) is 12.1 Å². The molecule has 0 aliphatic rings. The van der Waals surface area contributed by atoms with Gasteiger partial charge in [-0.25, -0.2) is 4.79 Å². The monoisotopic (exact) mass is 218 g/mol. The number of ether oxygens (including phenoxy) is 2. The molecule has 1 aromatic heterocycles. The molecular formula is C11H10N2O3. The lowest BCUT2D eigenvalue weighted by Gasteiger charge is -2.05. The number of carbonyl (C=O) groups excluding carboxylic acids is 1. The van der Waals surface area contributed by atoms with E-state index in [0.29, 0.717) is 10.9 Å². The number of carbonyl (C=O) groups is 1. The maximum Gasteiger partial charge on any atom is 0.357 e. The molecule has 1 aromatic carbocycles. The van der Waals surface area contributed by atoms with Gasteiger partial charge in [-0.1, -0.05) is 18.2 Å². The molecule has 0 N–H and O–H groups in total. The van der Waals surface area contributed by atoms with Crippen LogP contribution in [0.25, 0.3) is 10.9 Å². The van der Waals surface area contributed by atoms with Gasteiger partial charge in [0.25, 0.3) is 0 Å². The number of aromatic nitrogens is 2. The van der Waals surface area contributed by atoms with Crippen molar-refractivity contribution in [2.75, 3.05) is 14.2 Å². The van der Waals surface area contributed by atoms with Crippen LogP contribution in [0, 0.1) is 0 Å². The van der Waals surface area contributed by atoms with Crippen LogP contribution in [0.5, 0.6) is 6.01 Å². The summed E-state index contributed by atoms with van der Waals surface area (Å²) in [6, 6.07) is 7.34. The van der Waals surface area contributed by atoms with Crippen LogP contribution in [-0.4, -0.2) is 30.2 Å². The summed E-state index contributed by atoms with van der Waals surface area (Å²) in [4.78, 5) is 19.6. The Labute approximate surface area is 92.0 Å². The fourth-order valence-electron chi connectivity index (χ4n) is 1.40. The first-order valence-corrected chi connectivity index (χ1v) is 4.65. The van der Waals surface area contributed by atoms with E-state index >= 15 is 0 Å². The fraction of sp³-hybridized carbons (Fsp3) is 0.182. The summed E-state index contributed by atoms with van der Waals surface area (Å²) < 4.78 is 9.59. The van der Waals surface area contributed by atoms with E-state index in [1.165, 1.54) is 14.2 Å². The third kappa shape index (κ3) is 1.67. The Morgan fingerprint density at radius 3 is 2.62 bits per heavy atom. The molecule has 1 heterocycles. The number of nitrogens with zero attached hydrogens (tertiary/aromatic N) is 2. The highest BCUT2D eigenvalue weighted by Gasteiger charge is 2.14. The molecule has 0 fully saturated rings. The summed E-state index contributed by atoms with van der Waals surface area (Å²) in [5.74, 6) is -0.503. The predicted octanol–water partition coefficient (Wildman–Crippen LogP) is 1.43. The zero-order valence-electron chi connectivity index (χ0n) is 8.93. The number of fused-ring (bicyclic) bond motifs is 1. The second-order valence-electron chi connectivity index (χ2n) is 3.07. The lowest BCUT2D eigenvalue weighted by atomic mass is 10.2. The Hall–Kier alpha value is -2.17. The van der Waals surface area contributed by atoms with Crippen molar-refractivity contribution in [3.63, 3.8) is 0 Å². The van der Waals surface area contributed by atoms with Crippen LogP contribution in [0.1, 0.15) is 10.5 Å². The average Bonchev–Trinajstić information content (AvgIpc) is 2.36. The molecule has 0 saturated heterocycles. The van der Waals surface area contributed by atoms with Crippen molar-refractivity contribution in [3.8, 4) is 6.01 Å². The van der Waals surface area contributed by atoms with E-state index in [1.54, 1.807) is 12.1 Å². The van der Waals surface area contributed by atoms with E-state index < -0.39 is 5.97 Å². The molecule has 0 spiro atoms. The standard InChI is InChI=1S/C11H10N2O3/c1-15-10(14)9-7-5-3-4-6-8(7)12-11(13-9)16-2/h3-6H,1-2H3. The normalized spacial score (nSPS) is 10.1. The van der Waals surface area contributed by atoms with Crippen LogP contribution in [0.3, 0.4) is 0 Å². The van der Waals surface area contributed by atoms with Gasteiger partial charge >= 0.3 is 12.0 Å². The van der Waals surface area contributed by atoms with Crippen molar-refractivity contribution >= 4 is 16.9 Å². The molecule has 2 rings (SSSR count). The molecule has 0 aliphatic carbocycles. The number of methoxy groups -OCH3 is 2. The van der Waals surface area contributed by atoms with E-state index in [-0.39, 0.29) is 11.7 Å². The van der Waals surface area contributed by atoms with Gasteiger partial charge in [0.2, 0.25) is 0 Å². The quantitative estimate of drug-likeness (QED) is 0.713. The summed E-state index contributed by atoms with van der Waals surface area (Å²) in [6.45, 7) is 0. The molecule has 0 bridgehead atoms. The minimum Gasteiger partial charge on any atom is -0.467 e. The molecule has 82 valence electrons. The molecule has 0 unspecified atom stereocenters. The zero-order valence-corrected chi connectivity index (χ0v) is 8.93. The third-order valence-electron chi connectivity index (χ3n) is 2.14. The van der Waals surface area contributed by atoms with Gasteiger partial charge in [0.1, 0.15) is 0 Å². The van der Waals surface area contributed by atoms with Crippen LogP contribution in [0.15, 0.2) is 24.3 Å². The van der Waals surface area contributed by atoms with Crippen molar-refractivity contribution in [3.05, 3.63) is 30.0 Å². The van der Waals surface area contributed by atoms with Crippen molar-refractivity contribution in [2.24, 2.45) is 0 Å². The Balaban J connectivity index is 2.73. The lowest BCUT2D eigenvalue weighted by molar-refractivity contribution is 0.0595. The maximum atomic E-state index is 11.5. The summed E-state index contributed by atoms with van der Waals surface area (Å²) in [6.07, 6.45) is 0. The van der Waals surface area contributed by atoms with Gasteiger partial charge in [-0.05, 0) is 6.07 Å². The van der Waals surface area contributed by atoms with Crippen LogP contribution < -0.4 is 4.74 Å². The third-order valence-corrected chi connectivity index (χ3v) is 2.14. The Morgan fingerprint density at radius 1 is 1.19 bits per heavy atom. The van der Waals surface area contributed by atoms with Gasteiger partial charge in [0.05, 0.1) is 19.7 Å². The van der Waals surface area contributed by atoms with Crippen molar-refractivity contribution in [2.45, 2.75) is 0 Å². The topological polar surface area (TPSA) is 61.3 Å².